The third kappa shape index (κ3) is 10.5. The number of benzene rings is 13. The van der Waals surface area contributed by atoms with E-state index in [2.05, 4.69) is 261 Å². The molecule has 0 aliphatic carbocycles. The standard InChI is InChI=1S/C91H55N7O2/c1-4-19-56(20-5-1)58-41-45-63(46-42-58)86-96-87(98-89(97-86)71-30-17-27-68(52-71)82-72-31-10-13-34-76(72)94-90-84(82)73-32-11-14-35-80(73)99-90)64-47-43-60(44-48-64)59-37-39-61(40-38-59)66-49-50-77-75(54-66)83(85-74-33-12-15-36-81(74)100-91(85)95-77)69-28-18-29-70(53-69)88-92-78(62-23-8-3-9-24-62)55-79(93-88)67-26-16-25-65(51-67)57-21-6-2-7-22-57/h1-55H. The van der Waals surface area contributed by atoms with Crippen molar-refractivity contribution in [2.24, 2.45) is 0 Å². The minimum atomic E-state index is 0.558. The number of hydrogen-bond acceptors (Lipinski definition) is 9. The van der Waals surface area contributed by atoms with Crippen LogP contribution < -0.4 is 0 Å². The molecule has 6 heterocycles. The number of hydrogen-bond donors (Lipinski definition) is 0. The summed E-state index contributed by atoms with van der Waals surface area (Å²) in [6.07, 6.45) is 0. The number of aromatic nitrogens is 7. The van der Waals surface area contributed by atoms with Gasteiger partial charge in [-0.2, -0.15) is 0 Å². The molecular weight excluding hydrogens is 1220 g/mol. The Morgan fingerprint density at radius 3 is 1.05 bits per heavy atom. The number of fused-ring (bicyclic) bond motifs is 8. The van der Waals surface area contributed by atoms with Crippen LogP contribution in [0.1, 0.15) is 0 Å². The Balaban J connectivity index is 0.674. The molecule has 0 atom stereocenters. The van der Waals surface area contributed by atoms with Crippen molar-refractivity contribution in [2.45, 2.75) is 0 Å². The fourth-order valence-electron chi connectivity index (χ4n) is 14.1. The monoisotopic (exact) mass is 1280 g/mol. The highest BCUT2D eigenvalue weighted by molar-refractivity contribution is 6.20. The van der Waals surface area contributed by atoms with Crippen molar-refractivity contribution in [2.75, 3.05) is 0 Å². The van der Waals surface area contributed by atoms with Gasteiger partial charge in [-0.15, -0.1) is 0 Å². The van der Waals surface area contributed by atoms with Gasteiger partial charge in [-0.1, -0.05) is 279 Å². The maximum absolute atomic E-state index is 6.57. The van der Waals surface area contributed by atoms with Crippen molar-refractivity contribution < 1.29 is 8.83 Å². The van der Waals surface area contributed by atoms with Crippen LogP contribution in [0, 0.1) is 0 Å². The second kappa shape index (κ2) is 24.2. The molecule has 0 amide bonds. The Morgan fingerprint density at radius 2 is 0.510 bits per heavy atom. The molecule has 0 spiro atoms. The molecule has 0 aliphatic heterocycles. The zero-order valence-corrected chi connectivity index (χ0v) is 53.7. The van der Waals surface area contributed by atoms with Gasteiger partial charge in [0.05, 0.1) is 33.2 Å². The first-order valence-electron chi connectivity index (χ1n) is 33.4. The van der Waals surface area contributed by atoms with Crippen molar-refractivity contribution in [3.05, 3.63) is 334 Å². The lowest BCUT2D eigenvalue weighted by Crippen LogP contribution is -2.00. The Labute approximate surface area is 574 Å². The smallest absolute Gasteiger partial charge is 0.228 e. The molecule has 19 aromatic rings. The fourth-order valence-corrected chi connectivity index (χ4v) is 14.1. The van der Waals surface area contributed by atoms with Gasteiger partial charge in [-0.05, 0) is 110 Å². The summed E-state index contributed by atoms with van der Waals surface area (Å²) in [5, 5.41) is 5.95. The molecule has 0 bridgehead atoms. The van der Waals surface area contributed by atoms with E-state index in [1.165, 1.54) is 0 Å². The van der Waals surface area contributed by atoms with Crippen molar-refractivity contribution in [1.29, 1.82) is 0 Å². The van der Waals surface area contributed by atoms with Crippen LogP contribution in [0.3, 0.4) is 0 Å². The Kier molecular flexibility index (Phi) is 14.0. The van der Waals surface area contributed by atoms with Gasteiger partial charge in [0.1, 0.15) is 11.2 Å². The van der Waals surface area contributed by atoms with E-state index in [1.54, 1.807) is 0 Å². The van der Waals surface area contributed by atoms with Gasteiger partial charge >= 0.3 is 0 Å². The molecule has 0 fully saturated rings. The number of para-hydroxylation sites is 3. The topological polar surface area (TPSA) is 117 Å². The summed E-state index contributed by atoms with van der Waals surface area (Å²) < 4.78 is 13.0. The summed E-state index contributed by atoms with van der Waals surface area (Å²) in [5.74, 6) is 2.32. The van der Waals surface area contributed by atoms with Crippen molar-refractivity contribution in [3.63, 3.8) is 0 Å². The first-order chi connectivity index (χ1) is 49.5. The largest absolute Gasteiger partial charge is 0.438 e. The Morgan fingerprint density at radius 1 is 0.180 bits per heavy atom. The molecule has 0 radical (unpaired) electrons. The van der Waals surface area contributed by atoms with Crippen LogP contribution in [0.15, 0.2) is 342 Å². The van der Waals surface area contributed by atoms with Gasteiger partial charge in [0, 0.05) is 66.1 Å². The lowest BCUT2D eigenvalue weighted by atomic mass is 9.92. The predicted molar refractivity (Wildman–Crippen MR) is 406 cm³/mol. The summed E-state index contributed by atoms with van der Waals surface area (Å²) in [6.45, 7) is 0. The van der Waals surface area contributed by atoms with Crippen LogP contribution in [0.4, 0.5) is 0 Å². The number of pyridine rings is 2. The van der Waals surface area contributed by atoms with Gasteiger partial charge in [-0.25, -0.2) is 34.9 Å². The predicted octanol–water partition coefficient (Wildman–Crippen LogP) is 23.6. The summed E-state index contributed by atoms with van der Waals surface area (Å²) in [4.78, 5) is 36.6. The molecular formula is C91H55N7O2. The summed E-state index contributed by atoms with van der Waals surface area (Å²) in [7, 11) is 0. The number of nitrogens with zero attached hydrogens (tertiary/aromatic N) is 7. The van der Waals surface area contributed by atoms with Gasteiger partial charge < -0.3 is 8.83 Å². The minimum Gasteiger partial charge on any atom is -0.438 e. The molecule has 6 aromatic heterocycles. The third-order valence-electron chi connectivity index (χ3n) is 19.0. The van der Waals surface area contributed by atoms with Gasteiger partial charge in [-0.3, -0.25) is 0 Å². The zero-order valence-electron chi connectivity index (χ0n) is 53.7. The van der Waals surface area contributed by atoms with E-state index in [-0.39, 0.29) is 0 Å². The lowest BCUT2D eigenvalue weighted by molar-refractivity contribution is 0.655. The molecule has 9 heteroatoms. The first kappa shape index (κ1) is 57.8. The van der Waals surface area contributed by atoms with Crippen LogP contribution in [-0.2, 0) is 0 Å². The van der Waals surface area contributed by atoms with E-state index in [4.69, 9.17) is 43.7 Å². The molecule has 9 nitrogen and oxygen atoms in total. The van der Waals surface area contributed by atoms with Crippen LogP contribution in [0.2, 0.25) is 0 Å². The average molecular weight is 1280 g/mol. The highest BCUT2D eigenvalue weighted by Gasteiger charge is 2.23. The SMILES string of the molecule is c1ccc(-c2ccc(-c3nc(-c4ccc(-c5ccc(-c6ccc7nc8oc9ccccc9c8c(-c8cccc(-c9nc(-c%10ccccc%10)cc(-c%10cccc(-c%11ccccc%11)c%10)n9)c8)c7c6)cc5)cc4)nc(-c4cccc(-c5c6ccccc6nc6oc7ccccc7c56)c4)n3)cc2)cc1. The van der Waals surface area contributed by atoms with E-state index in [0.29, 0.717) is 34.7 Å². The van der Waals surface area contributed by atoms with Crippen LogP contribution >= 0.6 is 0 Å². The highest BCUT2D eigenvalue weighted by atomic mass is 16.3. The van der Waals surface area contributed by atoms with Crippen LogP contribution in [0.25, 0.3) is 201 Å². The van der Waals surface area contributed by atoms with E-state index in [0.717, 1.165) is 166 Å². The van der Waals surface area contributed by atoms with E-state index in [9.17, 15) is 0 Å². The number of rotatable bonds is 12. The van der Waals surface area contributed by atoms with Gasteiger partial charge in [0.15, 0.2) is 23.3 Å². The van der Waals surface area contributed by atoms with Crippen molar-refractivity contribution in [1.82, 2.24) is 34.9 Å². The molecule has 0 saturated heterocycles. The van der Waals surface area contributed by atoms with Gasteiger partial charge in [0.25, 0.3) is 0 Å². The van der Waals surface area contributed by atoms with Crippen LogP contribution in [-0.4, -0.2) is 34.9 Å². The maximum atomic E-state index is 6.57. The Bertz CT molecular complexity index is 6370. The molecule has 0 saturated carbocycles. The lowest BCUT2D eigenvalue weighted by Gasteiger charge is -2.13. The molecule has 0 aliphatic rings. The first-order valence-corrected chi connectivity index (χ1v) is 33.4. The molecule has 19 rings (SSSR count). The zero-order chi connectivity index (χ0) is 66.0. The second-order valence-electron chi connectivity index (χ2n) is 25.1. The number of furan rings is 2. The quantitative estimate of drug-likeness (QED) is 0.118. The maximum Gasteiger partial charge on any atom is 0.228 e. The molecule has 0 N–H and O–H groups in total. The summed E-state index contributed by atoms with van der Waals surface area (Å²) >= 11 is 0. The average Bonchev–Trinajstić information content (AvgIpc) is 1.54. The molecule has 100 heavy (non-hydrogen) atoms. The molecule has 466 valence electrons. The van der Waals surface area contributed by atoms with Gasteiger partial charge in [0.2, 0.25) is 11.4 Å². The fraction of sp³-hybridized carbons (Fsp3) is 0. The normalized spacial score (nSPS) is 11.6. The van der Waals surface area contributed by atoms with E-state index < -0.39 is 0 Å². The highest BCUT2D eigenvalue weighted by Crippen LogP contribution is 2.45. The summed E-state index contributed by atoms with van der Waals surface area (Å²) in [5.41, 5.74) is 24.4. The molecule has 13 aromatic carbocycles. The van der Waals surface area contributed by atoms with Crippen molar-refractivity contribution >= 4 is 65.9 Å². The second-order valence-corrected chi connectivity index (χ2v) is 25.1. The van der Waals surface area contributed by atoms with E-state index in [1.807, 2.05) is 72.8 Å². The van der Waals surface area contributed by atoms with Crippen molar-refractivity contribution in [3.8, 4) is 135 Å². The van der Waals surface area contributed by atoms with Crippen LogP contribution in [0.5, 0.6) is 0 Å². The third-order valence-corrected chi connectivity index (χ3v) is 19.0. The minimum absolute atomic E-state index is 0.558. The van der Waals surface area contributed by atoms with E-state index >= 15 is 0 Å². The summed E-state index contributed by atoms with van der Waals surface area (Å²) in [6, 6.07) is 116. The molecule has 0 unspecified atom stereocenters. The Hall–Kier alpha value is -13.6.